The smallest absolute Gasteiger partial charge is 0.253 e. The van der Waals surface area contributed by atoms with Gasteiger partial charge in [-0.05, 0) is 44.0 Å². The zero-order valence-electron chi connectivity index (χ0n) is 15.5. The monoisotopic (exact) mass is 370 g/mol. The molecule has 1 atom stereocenters. The van der Waals surface area contributed by atoms with Crippen LogP contribution in [0.5, 0.6) is 0 Å². The highest BCUT2D eigenvalue weighted by Gasteiger charge is 2.35. The molecule has 0 radical (unpaired) electrons. The predicted octanol–water partition coefficient (Wildman–Crippen LogP) is 1.48. The van der Waals surface area contributed by atoms with Crippen LogP contribution in [0.3, 0.4) is 0 Å². The molecule has 7 nitrogen and oxygen atoms in total. The first-order chi connectivity index (χ1) is 13.3. The van der Waals surface area contributed by atoms with E-state index < -0.39 is 0 Å². The maximum atomic E-state index is 13.0. The van der Waals surface area contributed by atoms with Crippen molar-refractivity contribution in [1.82, 2.24) is 20.1 Å². The summed E-state index contributed by atoms with van der Waals surface area (Å²) >= 11 is 0. The van der Waals surface area contributed by atoms with Crippen molar-refractivity contribution in [2.75, 3.05) is 45.9 Å². The van der Waals surface area contributed by atoms with E-state index in [1.54, 1.807) is 0 Å². The molecule has 0 aliphatic carbocycles. The fourth-order valence-corrected chi connectivity index (χ4v) is 4.57. The van der Waals surface area contributed by atoms with Crippen LogP contribution in [0.2, 0.25) is 0 Å². The number of benzene rings is 1. The first-order valence-electron chi connectivity index (χ1n) is 9.98. The highest BCUT2D eigenvalue weighted by molar-refractivity contribution is 6.04. The number of aromatic nitrogens is 1. The lowest BCUT2D eigenvalue weighted by Gasteiger charge is -2.44. The summed E-state index contributed by atoms with van der Waals surface area (Å²) in [5.41, 5.74) is 1.96. The Labute approximate surface area is 158 Å². The molecule has 4 fully saturated rings. The van der Waals surface area contributed by atoms with Gasteiger partial charge in [-0.1, -0.05) is 6.07 Å². The lowest BCUT2D eigenvalue weighted by molar-refractivity contribution is 0.0308. The van der Waals surface area contributed by atoms with Gasteiger partial charge in [-0.3, -0.25) is 9.69 Å². The van der Waals surface area contributed by atoms with E-state index in [0.717, 1.165) is 32.8 Å². The quantitative estimate of drug-likeness (QED) is 0.879. The summed E-state index contributed by atoms with van der Waals surface area (Å²) in [7, 11) is 0. The number of hydrogen-bond donors (Lipinski definition) is 1. The first-order valence-corrected chi connectivity index (χ1v) is 9.98. The van der Waals surface area contributed by atoms with Crippen molar-refractivity contribution in [2.24, 2.45) is 5.92 Å². The van der Waals surface area contributed by atoms with Crippen molar-refractivity contribution in [3.63, 3.8) is 0 Å². The van der Waals surface area contributed by atoms with Gasteiger partial charge in [0.15, 0.2) is 5.58 Å². The fraction of sp³-hybridized carbons (Fsp3) is 0.600. The average Bonchev–Trinajstić information content (AvgIpc) is 3.12. The number of amides is 1. The molecule has 1 aromatic heterocycles. The van der Waals surface area contributed by atoms with E-state index in [1.165, 1.54) is 25.9 Å². The minimum Gasteiger partial charge on any atom is -0.439 e. The molecule has 1 aromatic carbocycles. The van der Waals surface area contributed by atoms with Crippen LogP contribution < -0.4 is 5.32 Å². The molecular formula is C20H26N4O3. The Bertz CT molecular complexity index is 822. The molecule has 4 aliphatic heterocycles. The second kappa shape index (κ2) is 7.22. The number of carbonyl (C=O) groups is 1. The van der Waals surface area contributed by atoms with Gasteiger partial charge in [0, 0.05) is 25.7 Å². The topological polar surface area (TPSA) is 70.8 Å². The molecule has 1 N–H and O–H groups in total. The number of carbonyl (C=O) groups excluding carboxylic acids is 1. The van der Waals surface area contributed by atoms with Gasteiger partial charge in [0.2, 0.25) is 5.89 Å². The molecule has 0 saturated carbocycles. The molecule has 2 aromatic rings. The van der Waals surface area contributed by atoms with E-state index in [-0.39, 0.29) is 11.9 Å². The Morgan fingerprint density at radius 1 is 1.19 bits per heavy atom. The minimum absolute atomic E-state index is 0.0365. The van der Waals surface area contributed by atoms with Crippen molar-refractivity contribution in [2.45, 2.75) is 25.4 Å². The molecule has 7 heteroatoms. The van der Waals surface area contributed by atoms with Gasteiger partial charge in [0.05, 0.1) is 25.3 Å². The highest BCUT2D eigenvalue weighted by Crippen LogP contribution is 2.28. The molecule has 1 unspecified atom stereocenters. The molecule has 4 saturated heterocycles. The zero-order chi connectivity index (χ0) is 18.2. The van der Waals surface area contributed by atoms with Crippen LogP contribution in [0.4, 0.5) is 0 Å². The number of piperidine rings is 3. The Balaban J connectivity index is 1.34. The van der Waals surface area contributed by atoms with E-state index in [9.17, 15) is 4.79 Å². The maximum absolute atomic E-state index is 13.0. The summed E-state index contributed by atoms with van der Waals surface area (Å²) < 4.78 is 11.3. The largest absolute Gasteiger partial charge is 0.439 e. The van der Waals surface area contributed by atoms with Gasteiger partial charge in [0.25, 0.3) is 5.91 Å². The van der Waals surface area contributed by atoms with Crippen LogP contribution in [-0.2, 0) is 11.3 Å². The standard InChI is InChI=1S/C20H26N4O3/c25-20(21-16-12-23-6-4-14(16)5-7-23)15-2-1-3-17-19(15)22-18(27-17)13-24-8-10-26-11-9-24/h1-3,14,16H,4-13H2,(H,21,25). The van der Waals surface area contributed by atoms with E-state index in [2.05, 4.69) is 20.1 Å². The van der Waals surface area contributed by atoms with Gasteiger partial charge < -0.3 is 19.4 Å². The summed E-state index contributed by atoms with van der Waals surface area (Å²) in [4.78, 5) is 22.3. The number of hydrogen-bond acceptors (Lipinski definition) is 6. The highest BCUT2D eigenvalue weighted by atomic mass is 16.5. The SMILES string of the molecule is O=C(NC1CN2CCC1CC2)c1cccc2oc(CN3CCOCC3)nc12. The van der Waals surface area contributed by atoms with E-state index in [4.69, 9.17) is 9.15 Å². The van der Waals surface area contributed by atoms with Crippen molar-refractivity contribution >= 4 is 17.0 Å². The molecule has 0 spiro atoms. The fourth-order valence-electron chi connectivity index (χ4n) is 4.57. The number of nitrogens with zero attached hydrogens (tertiary/aromatic N) is 3. The average molecular weight is 370 g/mol. The summed E-state index contributed by atoms with van der Waals surface area (Å²) in [5, 5.41) is 3.26. The minimum atomic E-state index is -0.0365. The van der Waals surface area contributed by atoms with E-state index in [0.29, 0.717) is 35.0 Å². The number of rotatable bonds is 4. The molecule has 2 bridgehead atoms. The zero-order valence-corrected chi connectivity index (χ0v) is 15.5. The van der Waals surface area contributed by atoms with Crippen LogP contribution in [0.25, 0.3) is 11.1 Å². The molecule has 27 heavy (non-hydrogen) atoms. The number of fused-ring (bicyclic) bond motifs is 4. The first kappa shape index (κ1) is 17.2. The third-order valence-corrected chi connectivity index (χ3v) is 6.14. The Morgan fingerprint density at radius 3 is 2.74 bits per heavy atom. The van der Waals surface area contributed by atoms with E-state index >= 15 is 0 Å². The third-order valence-electron chi connectivity index (χ3n) is 6.14. The Hall–Kier alpha value is -1.96. The number of para-hydroxylation sites is 1. The predicted molar refractivity (Wildman–Crippen MR) is 101 cm³/mol. The molecular weight excluding hydrogens is 344 g/mol. The summed E-state index contributed by atoms with van der Waals surface area (Å²) in [6, 6.07) is 5.85. The number of oxazole rings is 1. The third kappa shape index (κ3) is 3.47. The van der Waals surface area contributed by atoms with Gasteiger partial charge in [0.1, 0.15) is 5.52 Å². The number of morpholine rings is 1. The van der Waals surface area contributed by atoms with Crippen LogP contribution in [-0.4, -0.2) is 72.7 Å². The molecule has 6 rings (SSSR count). The van der Waals surface area contributed by atoms with Crippen molar-refractivity contribution in [1.29, 1.82) is 0 Å². The van der Waals surface area contributed by atoms with Gasteiger partial charge in [-0.2, -0.15) is 0 Å². The van der Waals surface area contributed by atoms with Crippen LogP contribution in [0.15, 0.2) is 22.6 Å². The summed E-state index contributed by atoms with van der Waals surface area (Å²) in [5.74, 6) is 1.23. The van der Waals surface area contributed by atoms with Crippen LogP contribution >= 0.6 is 0 Å². The second-order valence-corrected chi connectivity index (χ2v) is 7.87. The van der Waals surface area contributed by atoms with Gasteiger partial charge in [-0.25, -0.2) is 4.98 Å². The molecule has 1 amide bonds. The number of nitrogens with one attached hydrogen (secondary N) is 1. The van der Waals surface area contributed by atoms with Crippen molar-refractivity contribution in [3.8, 4) is 0 Å². The molecule has 144 valence electrons. The van der Waals surface area contributed by atoms with Gasteiger partial charge in [-0.15, -0.1) is 0 Å². The van der Waals surface area contributed by atoms with Crippen molar-refractivity contribution < 1.29 is 13.9 Å². The van der Waals surface area contributed by atoms with Crippen LogP contribution in [0.1, 0.15) is 29.1 Å². The van der Waals surface area contributed by atoms with Crippen molar-refractivity contribution in [3.05, 3.63) is 29.7 Å². The lowest BCUT2D eigenvalue weighted by atomic mass is 9.84. The Morgan fingerprint density at radius 2 is 2.00 bits per heavy atom. The summed E-state index contributed by atoms with van der Waals surface area (Å²) in [6.07, 6.45) is 2.37. The lowest BCUT2D eigenvalue weighted by Crippen LogP contribution is -2.57. The normalized spacial score (nSPS) is 28.5. The summed E-state index contributed by atoms with van der Waals surface area (Å²) in [6.45, 7) is 7.20. The van der Waals surface area contributed by atoms with E-state index in [1.807, 2.05) is 18.2 Å². The number of ether oxygens (including phenoxy) is 1. The van der Waals surface area contributed by atoms with Crippen LogP contribution in [0, 0.1) is 5.92 Å². The Kier molecular flexibility index (Phi) is 4.59. The maximum Gasteiger partial charge on any atom is 0.253 e. The molecule has 5 heterocycles. The second-order valence-electron chi connectivity index (χ2n) is 7.87. The van der Waals surface area contributed by atoms with Gasteiger partial charge >= 0.3 is 0 Å². The molecule has 4 aliphatic rings.